The Hall–Kier alpha value is -3.78. The van der Waals surface area contributed by atoms with Crippen molar-refractivity contribution < 1.29 is 0 Å². The molecule has 0 heterocycles. The van der Waals surface area contributed by atoms with E-state index in [-0.39, 0.29) is 0 Å². The third kappa shape index (κ3) is 3.17. The van der Waals surface area contributed by atoms with Gasteiger partial charge in [0, 0.05) is 33.5 Å². The summed E-state index contributed by atoms with van der Waals surface area (Å²) >= 11 is 0. The molecule has 0 saturated heterocycles. The molecule has 0 aliphatic rings. The van der Waals surface area contributed by atoms with Crippen molar-refractivity contribution in [3.63, 3.8) is 0 Å². The summed E-state index contributed by atoms with van der Waals surface area (Å²) in [6.07, 6.45) is 0. The van der Waals surface area contributed by atoms with E-state index in [1.54, 1.807) is 0 Å². The van der Waals surface area contributed by atoms with Gasteiger partial charge in [-0.05, 0) is 41.1 Å². The molecule has 2 N–H and O–H groups in total. The lowest BCUT2D eigenvalue weighted by Crippen LogP contribution is -1.95. The molecule has 0 spiro atoms. The molecule has 0 atom stereocenters. The number of anilines is 4. The summed E-state index contributed by atoms with van der Waals surface area (Å²) in [6.45, 7) is 0. The maximum atomic E-state index is 3.57. The van der Waals surface area contributed by atoms with Gasteiger partial charge in [-0.25, -0.2) is 0 Å². The minimum absolute atomic E-state index is 1.06. The first-order valence-electron chi connectivity index (χ1n) is 9.46. The summed E-state index contributed by atoms with van der Waals surface area (Å²) in [5, 5.41) is 12.0. The van der Waals surface area contributed by atoms with E-state index in [9.17, 15) is 0 Å². The highest BCUT2D eigenvalue weighted by Crippen LogP contribution is 2.30. The van der Waals surface area contributed by atoms with Gasteiger partial charge in [0.15, 0.2) is 0 Å². The predicted octanol–water partition coefficient (Wildman–Crippen LogP) is 7.48. The number of rotatable bonds is 4. The zero-order valence-corrected chi connectivity index (χ0v) is 15.4. The first-order chi connectivity index (χ1) is 13.9. The number of nitrogens with one attached hydrogen (secondary N) is 2. The van der Waals surface area contributed by atoms with Crippen molar-refractivity contribution in [1.29, 1.82) is 0 Å². The molecular weight excluding hydrogens is 340 g/mol. The topological polar surface area (TPSA) is 24.1 Å². The lowest BCUT2D eigenvalue weighted by molar-refractivity contribution is 1.54. The molecule has 0 aliphatic heterocycles. The maximum Gasteiger partial charge on any atom is 0.0463 e. The van der Waals surface area contributed by atoms with Gasteiger partial charge < -0.3 is 10.6 Å². The standard InChI is InChI=1S/C26H20N2/c1-3-14-23-19(8-1)10-5-16-25(23)27-21-12-7-13-22(18-21)28-26-17-6-11-20-9-2-4-15-24(20)26/h1-18,27-28H. The SMILES string of the molecule is c1cc(Nc2cccc3ccccc23)cc(Nc2cccc3ccccc23)c1. The van der Waals surface area contributed by atoms with Gasteiger partial charge in [0.1, 0.15) is 0 Å². The predicted molar refractivity (Wildman–Crippen MR) is 121 cm³/mol. The molecule has 134 valence electrons. The highest BCUT2D eigenvalue weighted by molar-refractivity contribution is 5.97. The van der Waals surface area contributed by atoms with Crippen molar-refractivity contribution in [2.24, 2.45) is 0 Å². The second kappa shape index (κ2) is 7.09. The van der Waals surface area contributed by atoms with Crippen LogP contribution in [-0.4, -0.2) is 0 Å². The van der Waals surface area contributed by atoms with E-state index in [1.165, 1.54) is 21.5 Å². The molecule has 5 aromatic carbocycles. The Balaban J connectivity index is 1.46. The van der Waals surface area contributed by atoms with Crippen molar-refractivity contribution in [2.75, 3.05) is 10.6 Å². The second-order valence-corrected chi connectivity index (χ2v) is 6.88. The Labute approximate surface area is 164 Å². The molecule has 0 amide bonds. The molecular formula is C26H20N2. The quantitative estimate of drug-likeness (QED) is 0.347. The van der Waals surface area contributed by atoms with Crippen LogP contribution in [0.4, 0.5) is 22.7 Å². The second-order valence-electron chi connectivity index (χ2n) is 6.88. The van der Waals surface area contributed by atoms with Gasteiger partial charge in [-0.3, -0.25) is 0 Å². The minimum atomic E-state index is 1.06. The molecule has 2 nitrogen and oxygen atoms in total. The summed E-state index contributed by atoms with van der Waals surface area (Å²) in [5.74, 6) is 0. The van der Waals surface area contributed by atoms with Crippen LogP contribution in [0.1, 0.15) is 0 Å². The molecule has 0 saturated carbocycles. The molecule has 5 aromatic rings. The van der Waals surface area contributed by atoms with Crippen LogP contribution < -0.4 is 10.6 Å². The van der Waals surface area contributed by atoms with Crippen LogP contribution in [0.2, 0.25) is 0 Å². The van der Waals surface area contributed by atoms with Crippen molar-refractivity contribution in [3.8, 4) is 0 Å². The Bertz CT molecular complexity index is 1170. The zero-order valence-electron chi connectivity index (χ0n) is 15.4. The Kier molecular flexibility index (Phi) is 4.15. The monoisotopic (exact) mass is 360 g/mol. The van der Waals surface area contributed by atoms with Gasteiger partial charge in [-0.15, -0.1) is 0 Å². The fourth-order valence-electron chi connectivity index (χ4n) is 3.65. The van der Waals surface area contributed by atoms with E-state index in [2.05, 4.69) is 120 Å². The van der Waals surface area contributed by atoms with Crippen LogP contribution >= 0.6 is 0 Å². The van der Waals surface area contributed by atoms with Gasteiger partial charge >= 0.3 is 0 Å². The van der Waals surface area contributed by atoms with Crippen LogP contribution in [-0.2, 0) is 0 Å². The van der Waals surface area contributed by atoms with Crippen LogP contribution in [0.15, 0.2) is 109 Å². The number of hydrogen-bond donors (Lipinski definition) is 2. The Morgan fingerprint density at radius 3 is 1.36 bits per heavy atom. The van der Waals surface area contributed by atoms with E-state index in [0.717, 1.165) is 22.7 Å². The average molecular weight is 360 g/mol. The van der Waals surface area contributed by atoms with Crippen molar-refractivity contribution in [3.05, 3.63) is 109 Å². The van der Waals surface area contributed by atoms with Crippen molar-refractivity contribution in [1.82, 2.24) is 0 Å². The first-order valence-corrected chi connectivity index (χ1v) is 9.46. The number of fused-ring (bicyclic) bond motifs is 2. The van der Waals surface area contributed by atoms with Crippen LogP contribution in [0, 0.1) is 0 Å². The van der Waals surface area contributed by atoms with Gasteiger partial charge in [0.05, 0.1) is 0 Å². The molecule has 5 rings (SSSR count). The molecule has 0 fully saturated rings. The largest absolute Gasteiger partial charge is 0.355 e. The first kappa shape index (κ1) is 16.4. The van der Waals surface area contributed by atoms with Crippen LogP contribution in [0.25, 0.3) is 21.5 Å². The number of hydrogen-bond acceptors (Lipinski definition) is 2. The number of benzene rings is 5. The molecule has 0 aliphatic carbocycles. The fourth-order valence-corrected chi connectivity index (χ4v) is 3.65. The van der Waals surface area contributed by atoms with Gasteiger partial charge in [-0.2, -0.15) is 0 Å². The average Bonchev–Trinajstić information content (AvgIpc) is 2.75. The molecule has 2 heteroatoms. The van der Waals surface area contributed by atoms with E-state index in [1.807, 2.05) is 0 Å². The summed E-state index contributed by atoms with van der Waals surface area (Å²) in [6, 6.07) is 37.9. The summed E-state index contributed by atoms with van der Waals surface area (Å²) in [7, 11) is 0. The van der Waals surface area contributed by atoms with Gasteiger partial charge in [0.25, 0.3) is 0 Å². The van der Waals surface area contributed by atoms with E-state index in [4.69, 9.17) is 0 Å². The summed E-state index contributed by atoms with van der Waals surface area (Å²) in [5.41, 5.74) is 4.34. The maximum absolute atomic E-state index is 3.57. The fraction of sp³-hybridized carbons (Fsp3) is 0. The summed E-state index contributed by atoms with van der Waals surface area (Å²) in [4.78, 5) is 0. The lowest BCUT2D eigenvalue weighted by atomic mass is 10.1. The smallest absolute Gasteiger partial charge is 0.0463 e. The normalized spacial score (nSPS) is 10.9. The van der Waals surface area contributed by atoms with E-state index >= 15 is 0 Å². The molecule has 0 radical (unpaired) electrons. The van der Waals surface area contributed by atoms with Crippen molar-refractivity contribution >= 4 is 44.3 Å². The lowest BCUT2D eigenvalue weighted by Gasteiger charge is -2.13. The third-order valence-corrected chi connectivity index (χ3v) is 5.00. The Morgan fingerprint density at radius 2 is 0.821 bits per heavy atom. The van der Waals surface area contributed by atoms with E-state index < -0.39 is 0 Å². The van der Waals surface area contributed by atoms with E-state index in [0.29, 0.717) is 0 Å². The molecule has 0 aromatic heterocycles. The van der Waals surface area contributed by atoms with Gasteiger partial charge in [-0.1, -0.05) is 78.9 Å². The highest BCUT2D eigenvalue weighted by Gasteiger charge is 2.04. The van der Waals surface area contributed by atoms with Crippen molar-refractivity contribution in [2.45, 2.75) is 0 Å². The minimum Gasteiger partial charge on any atom is -0.355 e. The third-order valence-electron chi connectivity index (χ3n) is 5.00. The highest BCUT2D eigenvalue weighted by atomic mass is 14.9. The summed E-state index contributed by atoms with van der Waals surface area (Å²) < 4.78 is 0. The molecule has 0 unspecified atom stereocenters. The Morgan fingerprint density at radius 1 is 0.393 bits per heavy atom. The molecule has 28 heavy (non-hydrogen) atoms. The zero-order chi connectivity index (χ0) is 18.8. The van der Waals surface area contributed by atoms with Crippen LogP contribution in [0.3, 0.4) is 0 Å². The molecule has 0 bridgehead atoms. The van der Waals surface area contributed by atoms with Gasteiger partial charge in [0.2, 0.25) is 0 Å². The van der Waals surface area contributed by atoms with Crippen LogP contribution in [0.5, 0.6) is 0 Å².